The predicted octanol–water partition coefficient (Wildman–Crippen LogP) is 0.238. The van der Waals surface area contributed by atoms with Gasteiger partial charge in [-0.3, -0.25) is 9.69 Å². The molecule has 0 radical (unpaired) electrons. The predicted molar refractivity (Wildman–Crippen MR) is 58.5 cm³/mol. The molecule has 0 saturated carbocycles. The normalized spacial score (nSPS) is 20.1. The first-order valence-corrected chi connectivity index (χ1v) is 5.11. The van der Waals surface area contributed by atoms with Gasteiger partial charge in [0.2, 0.25) is 0 Å². The third-order valence-corrected chi connectivity index (χ3v) is 2.51. The Morgan fingerprint density at radius 1 is 1.25 bits per heavy atom. The third kappa shape index (κ3) is 1.77. The molecule has 1 aromatic rings. The maximum atomic E-state index is 11.9. The molecule has 2 rings (SSSR count). The molecule has 5 nitrogen and oxygen atoms in total. The van der Waals surface area contributed by atoms with E-state index in [0.29, 0.717) is 0 Å². The molecule has 1 fully saturated rings. The van der Waals surface area contributed by atoms with Gasteiger partial charge >= 0.3 is 6.03 Å². The first kappa shape index (κ1) is 10.6. The van der Waals surface area contributed by atoms with Crippen molar-refractivity contribution in [1.29, 1.82) is 0 Å². The van der Waals surface area contributed by atoms with Gasteiger partial charge in [-0.2, -0.15) is 0 Å². The lowest BCUT2D eigenvalue weighted by atomic mass is 10.1. The van der Waals surface area contributed by atoms with Crippen molar-refractivity contribution in [3.63, 3.8) is 0 Å². The maximum absolute atomic E-state index is 11.9. The number of nitrogens with zero attached hydrogens (tertiary/aromatic N) is 1. The number of carbonyl (C=O) groups is 2. The molecule has 1 aliphatic heterocycles. The summed E-state index contributed by atoms with van der Waals surface area (Å²) in [7, 11) is 0. The van der Waals surface area contributed by atoms with Crippen molar-refractivity contribution in [1.82, 2.24) is 10.2 Å². The number of benzene rings is 1. The molecule has 0 spiro atoms. The molecule has 1 saturated heterocycles. The van der Waals surface area contributed by atoms with Crippen LogP contribution < -0.4 is 11.1 Å². The average molecular weight is 219 g/mol. The number of imide groups is 1. The van der Waals surface area contributed by atoms with Crippen molar-refractivity contribution in [2.24, 2.45) is 5.73 Å². The number of urea groups is 1. The minimum Gasteiger partial charge on any atom is -0.329 e. The second-order valence-corrected chi connectivity index (χ2v) is 3.57. The molecule has 16 heavy (non-hydrogen) atoms. The monoisotopic (exact) mass is 219 g/mol. The molecule has 5 heteroatoms. The highest BCUT2D eigenvalue weighted by atomic mass is 16.2. The Hall–Kier alpha value is -1.88. The Morgan fingerprint density at radius 3 is 2.56 bits per heavy atom. The summed E-state index contributed by atoms with van der Waals surface area (Å²) in [6, 6.07) is 8.22. The van der Waals surface area contributed by atoms with Crippen LogP contribution >= 0.6 is 0 Å². The van der Waals surface area contributed by atoms with Gasteiger partial charge in [-0.05, 0) is 5.56 Å². The Morgan fingerprint density at radius 2 is 1.94 bits per heavy atom. The van der Waals surface area contributed by atoms with Gasteiger partial charge < -0.3 is 11.1 Å². The second-order valence-electron chi connectivity index (χ2n) is 3.57. The zero-order valence-electron chi connectivity index (χ0n) is 8.72. The molecule has 84 valence electrons. The summed E-state index contributed by atoms with van der Waals surface area (Å²) >= 11 is 0. The van der Waals surface area contributed by atoms with E-state index in [2.05, 4.69) is 5.32 Å². The molecule has 0 unspecified atom stereocenters. The van der Waals surface area contributed by atoms with Gasteiger partial charge in [0.05, 0.1) is 0 Å². The second kappa shape index (κ2) is 4.32. The Kier molecular flexibility index (Phi) is 2.87. The zero-order chi connectivity index (χ0) is 11.5. The molecule has 0 aliphatic carbocycles. The highest BCUT2D eigenvalue weighted by molar-refractivity contribution is 6.04. The number of carbonyl (C=O) groups excluding carboxylic acids is 2. The van der Waals surface area contributed by atoms with E-state index in [-0.39, 0.29) is 25.0 Å². The van der Waals surface area contributed by atoms with Crippen LogP contribution in [0, 0.1) is 0 Å². The number of hydrogen-bond donors (Lipinski definition) is 2. The zero-order valence-corrected chi connectivity index (χ0v) is 8.72. The fourth-order valence-electron chi connectivity index (χ4n) is 1.73. The Bertz CT molecular complexity index is 405. The quantitative estimate of drug-likeness (QED) is 0.715. The maximum Gasteiger partial charge on any atom is 0.325 e. The number of amides is 3. The molecule has 1 aliphatic rings. The van der Waals surface area contributed by atoms with Crippen molar-refractivity contribution in [2.75, 3.05) is 13.1 Å². The van der Waals surface area contributed by atoms with E-state index in [0.717, 1.165) is 10.5 Å². The highest BCUT2D eigenvalue weighted by Gasteiger charge is 2.38. The van der Waals surface area contributed by atoms with Gasteiger partial charge in [-0.15, -0.1) is 0 Å². The van der Waals surface area contributed by atoms with E-state index in [1.54, 1.807) is 0 Å². The standard InChI is InChI=1S/C11H13N3O2/c12-6-7-14-10(15)9(13-11(14)16)8-4-2-1-3-5-8/h1-5,9H,6-7,12H2,(H,13,16)/t9-/m1/s1. The van der Waals surface area contributed by atoms with Gasteiger partial charge in [-0.25, -0.2) is 4.79 Å². The summed E-state index contributed by atoms with van der Waals surface area (Å²) in [6.45, 7) is 0.536. The molecule has 1 heterocycles. The average Bonchev–Trinajstić information content (AvgIpc) is 2.59. The van der Waals surface area contributed by atoms with Crippen molar-refractivity contribution < 1.29 is 9.59 Å². The van der Waals surface area contributed by atoms with Crippen molar-refractivity contribution in [3.8, 4) is 0 Å². The Labute approximate surface area is 93.2 Å². The van der Waals surface area contributed by atoms with E-state index in [9.17, 15) is 9.59 Å². The van der Waals surface area contributed by atoms with Gasteiger partial charge in [0.25, 0.3) is 5.91 Å². The fraction of sp³-hybridized carbons (Fsp3) is 0.273. The molecule has 1 atom stereocenters. The van der Waals surface area contributed by atoms with E-state index in [1.807, 2.05) is 30.3 Å². The summed E-state index contributed by atoms with van der Waals surface area (Å²) in [5.74, 6) is -0.235. The van der Waals surface area contributed by atoms with Crippen LogP contribution in [-0.2, 0) is 4.79 Å². The van der Waals surface area contributed by atoms with E-state index < -0.39 is 6.04 Å². The number of rotatable bonds is 3. The molecular formula is C11H13N3O2. The number of nitrogens with one attached hydrogen (secondary N) is 1. The van der Waals surface area contributed by atoms with E-state index >= 15 is 0 Å². The minimum atomic E-state index is -0.569. The summed E-state index contributed by atoms with van der Waals surface area (Å²) in [5, 5.41) is 2.64. The molecule has 3 N–H and O–H groups in total. The topological polar surface area (TPSA) is 75.4 Å². The summed E-state index contributed by atoms with van der Waals surface area (Å²) < 4.78 is 0. The van der Waals surface area contributed by atoms with Crippen LogP contribution in [0.1, 0.15) is 11.6 Å². The molecule has 3 amide bonds. The molecule has 0 aromatic heterocycles. The highest BCUT2D eigenvalue weighted by Crippen LogP contribution is 2.20. The summed E-state index contributed by atoms with van der Waals surface area (Å²) in [4.78, 5) is 24.5. The van der Waals surface area contributed by atoms with E-state index in [4.69, 9.17) is 5.73 Å². The largest absolute Gasteiger partial charge is 0.329 e. The van der Waals surface area contributed by atoms with Crippen molar-refractivity contribution in [3.05, 3.63) is 35.9 Å². The lowest BCUT2D eigenvalue weighted by molar-refractivity contribution is -0.127. The van der Waals surface area contributed by atoms with E-state index in [1.165, 1.54) is 0 Å². The van der Waals surface area contributed by atoms with Crippen LogP contribution in [0.3, 0.4) is 0 Å². The lowest BCUT2D eigenvalue weighted by Crippen LogP contribution is -2.35. The molecule has 0 bridgehead atoms. The lowest BCUT2D eigenvalue weighted by Gasteiger charge is -2.11. The SMILES string of the molecule is NCCN1C(=O)N[C@H](c2ccccc2)C1=O. The first-order chi connectivity index (χ1) is 7.74. The minimum absolute atomic E-state index is 0.235. The first-order valence-electron chi connectivity index (χ1n) is 5.11. The number of hydrogen-bond acceptors (Lipinski definition) is 3. The third-order valence-electron chi connectivity index (χ3n) is 2.51. The Balaban J connectivity index is 2.21. The van der Waals surface area contributed by atoms with Crippen LogP contribution in [0.4, 0.5) is 4.79 Å². The smallest absolute Gasteiger partial charge is 0.325 e. The summed E-state index contributed by atoms with van der Waals surface area (Å²) in [6.07, 6.45) is 0. The summed E-state index contributed by atoms with van der Waals surface area (Å²) in [5.41, 5.74) is 6.14. The van der Waals surface area contributed by atoms with Crippen LogP contribution in [0.15, 0.2) is 30.3 Å². The van der Waals surface area contributed by atoms with Gasteiger partial charge in [-0.1, -0.05) is 30.3 Å². The van der Waals surface area contributed by atoms with Crippen LogP contribution in [0.2, 0.25) is 0 Å². The van der Waals surface area contributed by atoms with Gasteiger partial charge in [0, 0.05) is 13.1 Å². The fourth-order valence-corrected chi connectivity index (χ4v) is 1.73. The van der Waals surface area contributed by atoms with Crippen LogP contribution in [-0.4, -0.2) is 29.9 Å². The van der Waals surface area contributed by atoms with Gasteiger partial charge in [0.15, 0.2) is 0 Å². The van der Waals surface area contributed by atoms with Crippen molar-refractivity contribution in [2.45, 2.75) is 6.04 Å². The molecule has 1 aromatic carbocycles. The molecular weight excluding hydrogens is 206 g/mol. The van der Waals surface area contributed by atoms with Crippen molar-refractivity contribution >= 4 is 11.9 Å². The van der Waals surface area contributed by atoms with Crippen LogP contribution in [0.25, 0.3) is 0 Å². The number of nitrogens with two attached hydrogens (primary N) is 1. The van der Waals surface area contributed by atoms with Gasteiger partial charge in [0.1, 0.15) is 6.04 Å². The van der Waals surface area contributed by atoms with Crippen LogP contribution in [0.5, 0.6) is 0 Å².